The lowest BCUT2D eigenvalue weighted by atomic mass is 10.0. The minimum Gasteiger partial charge on any atom is -0.364 e. The molecule has 82 valence electrons. The molecule has 0 spiro atoms. The molecule has 0 fully saturated rings. The van der Waals surface area contributed by atoms with Crippen molar-refractivity contribution < 1.29 is 4.79 Å². The highest BCUT2D eigenvalue weighted by Crippen LogP contribution is 2.26. The van der Waals surface area contributed by atoms with Crippen LogP contribution in [-0.4, -0.2) is 20.9 Å². The first-order valence-corrected chi connectivity index (χ1v) is 5.57. The third kappa shape index (κ3) is 1.92. The second-order valence-corrected chi connectivity index (χ2v) is 4.20. The third-order valence-electron chi connectivity index (χ3n) is 2.25. The van der Waals surface area contributed by atoms with Crippen LogP contribution in [0, 0.1) is 0 Å². The molecule has 0 saturated heterocycles. The van der Waals surface area contributed by atoms with Gasteiger partial charge in [-0.3, -0.25) is 14.8 Å². The quantitative estimate of drug-likeness (QED) is 0.864. The van der Waals surface area contributed by atoms with Crippen molar-refractivity contribution in [2.45, 2.75) is 12.8 Å². The highest BCUT2D eigenvalue weighted by atomic mass is 32.1. The van der Waals surface area contributed by atoms with E-state index >= 15 is 0 Å². The molecule has 2 rings (SSSR count). The van der Waals surface area contributed by atoms with Gasteiger partial charge in [0, 0.05) is 29.4 Å². The van der Waals surface area contributed by atoms with E-state index in [1.807, 2.05) is 6.92 Å². The fraction of sp³-hybridized carbons (Fsp3) is 0.200. The molecule has 1 atom stereocenters. The lowest BCUT2D eigenvalue weighted by Gasteiger charge is -2.10. The lowest BCUT2D eigenvalue weighted by Crippen LogP contribution is -2.18. The van der Waals surface area contributed by atoms with Crippen molar-refractivity contribution in [3.63, 3.8) is 0 Å². The van der Waals surface area contributed by atoms with Gasteiger partial charge in [0.1, 0.15) is 5.69 Å². The topological polar surface area (TPSA) is 81.8 Å². The zero-order valence-electron chi connectivity index (χ0n) is 8.62. The number of hydrogen-bond donors (Lipinski definition) is 1. The van der Waals surface area contributed by atoms with Crippen molar-refractivity contribution in [3.05, 3.63) is 40.4 Å². The second-order valence-electron chi connectivity index (χ2n) is 3.28. The molecule has 5 nitrogen and oxygen atoms in total. The number of nitrogens with zero attached hydrogens (tertiary/aromatic N) is 3. The van der Waals surface area contributed by atoms with Crippen molar-refractivity contribution in [2.75, 3.05) is 0 Å². The molecule has 2 aromatic heterocycles. The van der Waals surface area contributed by atoms with Crippen LogP contribution in [0.3, 0.4) is 0 Å². The van der Waals surface area contributed by atoms with Gasteiger partial charge in [0.05, 0.1) is 11.2 Å². The van der Waals surface area contributed by atoms with Gasteiger partial charge in [0.25, 0.3) is 5.91 Å². The first-order valence-electron chi connectivity index (χ1n) is 4.69. The number of thiazole rings is 1. The van der Waals surface area contributed by atoms with Gasteiger partial charge >= 0.3 is 0 Å². The summed E-state index contributed by atoms with van der Waals surface area (Å²) >= 11 is 1.52. The SMILES string of the molecule is C[C@@H](c1cncs1)c1nccnc1C(N)=O. The van der Waals surface area contributed by atoms with E-state index in [1.165, 1.54) is 17.5 Å². The maximum absolute atomic E-state index is 11.2. The average molecular weight is 234 g/mol. The summed E-state index contributed by atoms with van der Waals surface area (Å²) in [5.74, 6) is -0.580. The number of primary amides is 1. The summed E-state index contributed by atoms with van der Waals surface area (Å²) in [6.45, 7) is 1.95. The molecule has 0 unspecified atom stereocenters. The minimum atomic E-state index is -0.556. The van der Waals surface area contributed by atoms with Crippen LogP contribution in [0.4, 0.5) is 0 Å². The monoisotopic (exact) mass is 234 g/mol. The Kier molecular flexibility index (Phi) is 2.91. The van der Waals surface area contributed by atoms with Crippen LogP contribution >= 0.6 is 11.3 Å². The van der Waals surface area contributed by atoms with E-state index in [-0.39, 0.29) is 11.6 Å². The number of nitrogens with two attached hydrogens (primary N) is 1. The predicted octanol–water partition coefficient (Wildman–Crippen LogP) is 1.18. The van der Waals surface area contributed by atoms with E-state index in [9.17, 15) is 4.79 Å². The highest BCUT2D eigenvalue weighted by molar-refractivity contribution is 7.09. The fourth-order valence-corrected chi connectivity index (χ4v) is 2.11. The Morgan fingerprint density at radius 2 is 2.19 bits per heavy atom. The molecule has 1 amide bonds. The van der Waals surface area contributed by atoms with E-state index in [2.05, 4.69) is 15.0 Å². The van der Waals surface area contributed by atoms with Crippen LogP contribution in [0.2, 0.25) is 0 Å². The summed E-state index contributed by atoms with van der Waals surface area (Å²) in [4.78, 5) is 24.4. The van der Waals surface area contributed by atoms with Crippen molar-refractivity contribution in [2.24, 2.45) is 5.73 Å². The van der Waals surface area contributed by atoms with E-state index in [0.717, 1.165) is 4.88 Å². The smallest absolute Gasteiger partial charge is 0.269 e. The Morgan fingerprint density at radius 1 is 1.44 bits per heavy atom. The van der Waals surface area contributed by atoms with Gasteiger partial charge in [0.2, 0.25) is 0 Å². The standard InChI is InChI=1S/C10H10N4OS/c1-6(7-4-12-5-16-7)8-9(10(11)15)14-3-2-13-8/h2-6H,1H3,(H2,11,15)/t6-/m0/s1. The van der Waals surface area contributed by atoms with Crippen LogP contribution in [0.5, 0.6) is 0 Å². The summed E-state index contributed by atoms with van der Waals surface area (Å²) in [5.41, 5.74) is 7.82. The van der Waals surface area contributed by atoms with Gasteiger partial charge < -0.3 is 5.73 Å². The molecule has 0 aliphatic rings. The predicted molar refractivity (Wildman–Crippen MR) is 60.2 cm³/mol. The Hall–Kier alpha value is -1.82. The van der Waals surface area contributed by atoms with Crippen LogP contribution < -0.4 is 5.73 Å². The zero-order chi connectivity index (χ0) is 11.5. The van der Waals surface area contributed by atoms with Gasteiger partial charge in [-0.15, -0.1) is 11.3 Å². The number of rotatable bonds is 3. The summed E-state index contributed by atoms with van der Waals surface area (Å²) in [5, 5.41) is 0. The molecule has 6 heteroatoms. The Morgan fingerprint density at radius 3 is 2.81 bits per heavy atom. The fourth-order valence-electron chi connectivity index (χ4n) is 1.43. The molecule has 0 aliphatic carbocycles. The maximum Gasteiger partial charge on any atom is 0.269 e. The normalized spacial score (nSPS) is 12.3. The molecule has 0 aromatic carbocycles. The van der Waals surface area contributed by atoms with E-state index < -0.39 is 5.91 Å². The second kappa shape index (κ2) is 4.36. The number of carbonyl (C=O) groups excluding carboxylic acids is 1. The molecular weight excluding hydrogens is 224 g/mol. The molecule has 0 radical (unpaired) electrons. The van der Waals surface area contributed by atoms with Gasteiger partial charge in [-0.05, 0) is 0 Å². The minimum absolute atomic E-state index is 0.0244. The zero-order valence-corrected chi connectivity index (χ0v) is 9.44. The first-order chi connectivity index (χ1) is 7.70. The Bertz CT molecular complexity index is 497. The van der Waals surface area contributed by atoms with Crippen molar-refractivity contribution in [3.8, 4) is 0 Å². The maximum atomic E-state index is 11.2. The summed E-state index contributed by atoms with van der Waals surface area (Å²) in [6, 6.07) is 0. The van der Waals surface area contributed by atoms with E-state index in [4.69, 9.17) is 5.73 Å². The van der Waals surface area contributed by atoms with Gasteiger partial charge in [-0.25, -0.2) is 4.98 Å². The Balaban J connectivity index is 2.44. The number of amides is 1. The van der Waals surface area contributed by atoms with Crippen LogP contribution in [0.25, 0.3) is 0 Å². The molecule has 0 bridgehead atoms. The molecular formula is C10H10N4OS. The largest absolute Gasteiger partial charge is 0.364 e. The van der Waals surface area contributed by atoms with Crippen LogP contribution in [0.15, 0.2) is 24.1 Å². The molecule has 2 N–H and O–H groups in total. The van der Waals surface area contributed by atoms with Gasteiger partial charge in [-0.1, -0.05) is 6.92 Å². The van der Waals surface area contributed by atoms with Crippen molar-refractivity contribution >= 4 is 17.2 Å². The first kappa shape index (κ1) is 10.7. The summed E-state index contributed by atoms with van der Waals surface area (Å²) < 4.78 is 0. The molecule has 2 heterocycles. The van der Waals surface area contributed by atoms with Crippen LogP contribution in [-0.2, 0) is 0 Å². The van der Waals surface area contributed by atoms with Crippen LogP contribution in [0.1, 0.15) is 33.9 Å². The molecule has 0 saturated carbocycles. The van der Waals surface area contributed by atoms with Crippen molar-refractivity contribution in [1.29, 1.82) is 0 Å². The number of hydrogen-bond acceptors (Lipinski definition) is 5. The highest BCUT2D eigenvalue weighted by Gasteiger charge is 2.19. The van der Waals surface area contributed by atoms with Crippen molar-refractivity contribution in [1.82, 2.24) is 15.0 Å². The van der Waals surface area contributed by atoms with E-state index in [1.54, 1.807) is 17.9 Å². The van der Waals surface area contributed by atoms with E-state index in [0.29, 0.717) is 5.69 Å². The van der Waals surface area contributed by atoms with Gasteiger partial charge in [-0.2, -0.15) is 0 Å². The molecule has 0 aliphatic heterocycles. The van der Waals surface area contributed by atoms with Gasteiger partial charge in [0.15, 0.2) is 0 Å². The summed E-state index contributed by atoms with van der Waals surface area (Å²) in [7, 11) is 0. The number of aromatic nitrogens is 3. The molecule has 2 aromatic rings. The summed E-state index contributed by atoms with van der Waals surface area (Å²) in [6.07, 6.45) is 4.77. The Labute approximate surface area is 96.4 Å². The number of carbonyl (C=O) groups is 1. The third-order valence-corrected chi connectivity index (χ3v) is 3.21. The molecule has 16 heavy (non-hydrogen) atoms. The lowest BCUT2D eigenvalue weighted by molar-refractivity contribution is 0.0994. The average Bonchev–Trinajstić information content (AvgIpc) is 2.81.